The molecule has 1 aromatic heterocycles. The molecule has 3 aromatic rings. The smallest absolute Gasteiger partial charge is 0.436 e. The first kappa shape index (κ1) is 28.1. The fourth-order valence-electron chi connectivity index (χ4n) is 3.20. The molecule has 1 amide bonds. The van der Waals surface area contributed by atoms with Crippen LogP contribution in [0.2, 0.25) is 0 Å². The molecule has 16 heteroatoms. The summed E-state index contributed by atoms with van der Waals surface area (Å²) in [5.74, 6) is -2.34. The Hall–Kier alpha value is -4.47. The van der Waals surface area contributed by atoms with E-state index in [1.807, 2.05) is 6.92 Å². The molecular weight excluding hydrogens is 537 g/mol. The van der Waals surface area contributed by atoms with Crippen LogP contribution >= 0.6 is 0 Å². The number of nitrogens with one attached hydrogen (secondary N) is 1. The molecule has 0 fully saturated rings. The maximum Gasteiger partial charge on any atom is 0.436 e. The van der Waals surface area contributed by atoms with Crippen molar-refractivity contribution in [1.29, 1.82) is 0 Å². The van der Waals surface area contributed by atoms with E-state index in [1.54, 1.807) is 24.3 Å². The van der Waals surface area contributed by atoms with Gasteiger partial charge in [-0.15, -0.1) is 10.1 Å². The van der Waals surface area contributed by atoms with Gasteiger partial charge in [0.15, 0.2) is 19.0 Å². The quantitative estimate of drug-likeness (QED) is 0.139. The lowest BCUT2D eigenvalue weighted by atomic mass is 10.1. The van der Waals surface area contributed by atoms with Gasteiger partial charge in [-0.05, 0) is 31.2 Å². The fraction of sp³-hybridized carbons (Fsp3) is 0.227. The van der Waals surface area contributed by atoms with Crippen molar-refractivity contribution >= 4 is 21.9 Å². The molecule has 0 saturated heterocycles. The number of carbonyl (C=O) groups excluding carboxylic acids is 2. The minimum absolute atomic E-state index is 0.146. The number of hydrogen-bond donors (Lipinski definition) is 1. The molecule has 0 spiro atoms. The van der Waals surface area contributed by atoms with Gasteiger partial charge >= 0.3 is 12.1 Å². The summed E-state index contributed by atoms with van der Waals surface area (Å²) in [6.07, 6.45) is -4.68. The molecule has 0 atom stereocenters. The van der Waals surface area contributed by atoms with Crippen LogP contribution in [0.15, 0.2) is 59.5 Å². The number of H-pyrrole nitrogens is 1. The summed E-state index contributed by atoms with van der Waals surface area (Å²) in [4.78, 5) is 37.0. The van der Waals surface area contributed by atoms with Crippen LogP contribution in [0.25, 0.3) is 16.9 Å². The van der Waals surface area contributed by atoms with Gasteiger partial charge in [0, 0.05) is 30.7 Å². The van der Waals surface area contributed by atoms with Crippen molar-refractivity contribution in [3.63, 3.8) is 0 Å². The number of sulfonamides is 1. The van der Waals surface area contributed by atoms with Crippen molar-refractivity contribution in [2.75, 3.05) is 13.3 Å². The summed E-state index contributed by atoms with van der Waals surface area (Å²) in [5, 5.41) is 11.2. The van der Waals surface area contributed by atoms with Gasteiger partial charge in [-0.25, -0.2) is 13.2 Å². The van der Waals surface area contributed by atoms with Crippen molar-refractivity contribution in [2.24, 2.45) is 0 Å². The van der Waals surface area contributed by atoms with E-state index in [0.29, 0.717) is 5.56 Å². The van der Waals surface area contributed by atoms with E-state index in [-0.39, 0.29) is 15.7 Å². The molecule has 0 unspecified atom stereocenters. The summed E-state index contributed by atoms with van der Waals surface area (Å²) in [6.45, 7) is 0.497. The van der Waals surface area contributed by atoms with Crippen molar-refractivity contribution in [3.8, 4) is 16.9 Å². The first-order chi connectivity index (χ1) is 17.7. The predicted octanol–water partition coefficient (Wildman–Crippen LogP) is 2.53. The summed E-state index contributed by atoms with van der Waals surface area (Å²) in [7, 11) is -4.58. The number of amides is 1. The Kier molecular flexibility index (Phi) is 8.04. The average molecular weight is 557 g/mol. The minimum atomic E-state index is -4.68. The standard InChI is InChI=1S/C22H19F3N4O8S/c1-14-3-5-16(6-4-14)19-11-20(22(23,24)25)26-28(19)17-7-9-18(10-8-17)38(34,35)27(15(2)30)13-36-21(31)12-37-29(32)33/h3-11H,12-13H2,1-2H3/p+1. The van der Waals surface area contributed by atoms with E-state index in [1.165, 1.54) is 12.1 Å². The largest absolute Gasteiger partial charge is 0.442 e. The summed E-state index contributed by atoms with van der Waals surface area (Å²) >= 11 is 0. The normalized spacial score (nSPS) is 11.6. The number of ether oxygens (including phenoxy) is 1. The maximum absolute atomic E-state index is 13.4. The second-order valence-electron chi connectivity index (χ2n) is 7.76. The fourth-order valence-corrected chi connectivity index (χ4v) is 4.47. The van der Waals surface area contributed by atoms with E-state index in [9.17, 15) is 41.3 Å². The molecule has 0 aliphatic carbocycles. The molecule has 0 aliphatic rings. The van der Waals surface area contributed by atoms with Crippen LogP contribution in [0.3, 0.4) is 0 Å². The SMILES string of the molecule is CC(=O)N(COC(=O)CO[N+](=O)[O-])S(=O)(=O)c1ccc(-[n+]2[nH]c(C(F)(F)F)cc2-c2ccc(C)cc2)cc1. The van der Waals surface area contributed by atoms with Crippen LogP contribution in [-0.2, 0) is 35.4 Å². The predicted molar refractivity (Wildman–Crippen MR) is 121 cm³/mol. The lowest BCUT2D eigenvalue weighted by Gasteiger charge is -2.20. The third-order valence-corrected chi connectivity index (χ3v) is 6.88. The second kappa shape index (κ2) is 10.9. The monoisotopic (exact) mass is 557 g/mol. The molecular formula is C22H20F3N4O8S+. The molecule has 1 N–H and O–H groups in total. The van der Waals surface area contributed by atoms with Gasteiger partial charge in [0.05, 0.1) is 4.90 Å². The van der Waals surface area contributed by atoms with E-state index >= 15 is 0 Å². The molecule has 2 aromatic carbocycles. The van der Waals surface area contributed by atoms with E-state index < -0.39 is 57.1 Å². The summed E-state index contributed by atoms with van der Waals surface area (Å²) < 4.78 is 72.2. The number of aromatic nitrogens is 2. The van der Waals surface area contributed by atoms with E-state index in [0.717, 1.165) is 35.4 Å². The van der Waals surface area contributed by atoms with Crippen LogP contribution in [0.1, 0.15) is 18.2 Å². The molecule has 0 bridgehead atoms. The van der Waals surface area contributed by atoms with Crippen LogP contribution in [0.5, 0.6) is 0 Å². The molecule has 0 aliphatic heterocycles. The second-order valence-corrected chi connectivity index (χ2v) is 9.63. The molecule has 1 heterocycles. The Labute approximate surface area is 213 Å². The molecule has 0 saturated carbocycles. The number of esters is 1. The first-order valence-corrected chi connectivity index (χ1v) is 12.0. The van der Waals surface area contributed by atoms with Crippen molar-refractivity contribution < 1.29 is 50.5 Å². The minimum Gasteiger partial charge on any atom is -0.442 e. The Morgan fingerprint density at radius 1 is 1.11 bits per heavy atom. The lowest BCUT2D eigenvalue weighted by Crippen LogP contribution is -2.38. The molecule has 38 heavy (non-hydrogen) atoms. The topological polar surface area (TPSA) is 153 Å². The lowest BCUT2D eigenvalue weighted by molar-refractivity contribution is -0.754. The van der Waals surface area contributed by atoms with Gasteiger partial charge in [-0.3, -0.25) is 4.79 Å². The van der Waals surface area contributed by atoms with Gasteiger partial charge in [0.2, 0.25) is 17.3 Å². The number of rotatable bonds is 9. The zero-order valence-corrected chi connectivity index (χ0v) is 20.6. The highest BCUT2D eigenvalue weighted by Crippen LogP contribution is 2.30. The number of halogens is 3. The first-order valence-electron chi connectivity index (χ1n) is 10.6. The van der Waals surface area contributed by atoms with Crippen molar-refractivity contribution in [2.45, 2.75) is 24.9 Å². The molecule has 0 radical (unpaired) electrons. The number of aryl methyl sites for hydroxylation is 1. The van der Waals surface area contributed by atoms with E-state index in [4.69, 9.17) is 0 Å². The Bertz CT molecular complexity index is 1450. The highest BCUT2D eigenvalue weighted by Gasteiger charge is 2.38. The van der Waals surface area contributed by atoms with Gasteiger partial charge < -0.3 is 9.57 Å². The van der Waals surface area contributed by atoms with Crippen LogP contribution in [0.4, 0.5) is 13.2 Å². The van der Waals surface area contributed by atoms with Crippen molar-refractivity contribution in [1.82, 2.24) is 9.40 Å². The number of hydrogen-bond acceptors (Lipinski definition) is 8. The van der Waals surface area contributed by atoms with Crippen LogP contribution in [0, 0.1) is 17.0 Å². The Morgan fingerprint density at radius 2 is 1.71 bits per heavy atom. The average Bonchev–Trinajstić information content (AvgIpc) is 3.29. The van der Waals surface area contributed by atoms with Crippen molar-refractivity contribution in [3.05, 3.63) is 76.0 Å². The van der Waals surface area contributed by atoms with Gasteiger partial charge in [0.1, 0.15) is 0 Å². The number of aromatic amines is 1. The highest BCUT2D eigenvalue weighted by atomic mass is 32.2. The van der Waals surface area contributed by atoms with Gasteiger partial charge in [-0.1, -0.05) is 22.4 Å². The number of carbonyl (C=O) groups is 2. The zero-order chi connectivity index (χ0) is 28.3. The Balaban J connectivity index is 1.92. The third kappa shape index (κ3) is 6.44. The summed E-state index contributed by atoms with van der Waals surface area (Å²) in [5.41, 5.74) is 0.627. The molecule has 3 rings (SSSR count). The van der Waals surface area contributed by atoms with E-state index in [2.05, 4.69) is 14.7 Å². The maximum atomic E-state index is 13.4. The zero-order valence-electron chi connectivity index (χ0n) is 19.8. The summed E-state index contributed by atoms with van der Waals surface area (Å²) in [6, 6.07) is 12.2. The Morgan fingerprint density at radius 3 is 2.24 bits per heavy atom. The number of alkyl halides is 3. The number of nitrogens with zero attached hydrogens (tertiary/aromatic N) is 3. The van der Waals surface area contributed by atoms with Crippen LogP contribution in [-0.4, -0.2) is 48.1 Å². The molecule has 12 nitrogen and oxygen atoms in total. The molecule has 202 valence electrons. The van der Waals surface area contributed by atoms with Gasteiger partial charge in [-0.2, -0.15) is 22.6 Å². The third-order valence-electron chi connectivity index (χ3n) is 5.07. The number of benzene rings is 2. The highest BCUT2D eigenvalue weighted by molar-refractivity contribution is 7.89. The van der Waals surface area contributed by atoms with Crippen LogP contribution < -0.4 is 4.68 Å². The van der Waals surface area contributed by atoms with Gasteiger partial charge in [0.25, 0.3) is 15.1 Å².